The number of carbonyl (C=O) groups is 2. The molecule has 0 aromatic carbocycles. The summed E-state index contributed by atoms with van der Waals surface area (Å²) >= 11 is 0. The van der Waals surface area contributed by atoms with Crippen molar-refractivity contribution in [3.63, 3.8) is 0 Å². The Kier molecular flexibility index (Phi) is 6.86. The Balaban J connectivity index is 0.000000381. The Morgan fingerprint density at radius 2 is 1.68 bits per heavy atom. The maximum absolute atomic E-state index is 12.2. The van der Waals surface area contributed by atoms with E-state index in [1.807, 2.05) is 0 Å². The first-order valence-electron chi connectivity index (χ1n) is 8.21. The monoisotopic (exact) mass is 368 g/mol. The molecule has 25 heavy (non-hydrogen) atoms. The van der Waals surface area contributed by atoms with E-state index in [0.29, 0.717) is 0 Å². The Labute approximate surface area is 145 Å². The molecule has 9 heteroatoms. The van der Waals surface area contributed by atoms with Crippen LogP contribution in [0.1, 0.15) is 40.0 Å². The van der Waals surface area contributed by atoms with Crippen LogP contribution in [-0.4, -0.2) is 55.0 Å². The van der Waals surface area contributed by atoms with Crippen molar-refractivity contribution >= 4 is 11.9 Å². The van der Waals surface area contributed by atoms with Crippen molar-refractivity contribution in [2.45, 2.75) is 57.9 Å². The Bertz CT molecular complexity index is 490. The average Bonchev–Trinajstić information content (AvgIpc) is 2.54. The zero-order valence-electron chi connectivity index (χ0n) is 15.0. The number of alkyl halides is 3. The van der Waals surface area contributed by atoms with Crippen molar-refractivity contribution in [1.82, 2.24) is 10.6 Å². The maximum Gasteiger partial charge on any atom is 0.490 e. The van der Waals surface area contributed by atoms with E-state index in [-0.39, 0.29) is 28.9 Å². The molecule has 1 saturated heterocycles. The van der Waals surface area contributed by atoms with E-state index in [1.165, 1.54) is 0 Å². The van der Waals surface area contributed by atoms with Crippen molar-refractivity contribution in [3.8, 4) is 0 Å². The highest BCUT2D eigenvalue weighted by molar-refractivity contribution is 5.79. The van der Waals surface area contributed by atoms with Crippen LogP contribution in [0.4, 0.5) is 13.2 Å². The third-order valence-corrected chi connectivity index (χ3v) is 5.55. The molecule has 1 aliphatic carbocycles. The third kappa shape index (κ3) is 5.07. The standard InChI is InChI=1S/C14H26N2O2.C2HF3O2/c1-13(2)11(9-14(13,3)18-4)16-12(17)10-5-7-15-8-6-10;3-2(4,5)1(6)7/h10-11,15H,5-9H2,1-4H3,(H,16,17);(H,6,7). The van der Waals surface area contributed by atoms with E-state index < -0.39 is 12.1 Å². The molecule has 6 nitrogen and oxygen atoms in total. The first kappa shape index (κ1) is 21.7. The molecule has 2 fully saturated rings. The van der Waals surface area contributed by atoms with Crippen LogP contribution in [0.3, 0.4) is 0 Å². The molecule has 0 spiro atoms. The molecule has 1 amide bonds. The molecule has 0 aromatic heterocycles. The van der Waals surface area contributed by atoms with Crippen LogP contribution >= 0.6 is 0 Å². The van der Waals surface area contributed by atoms with Gasteiger partial charge in [0.25, 0.3) is 0 Å². The van der Waals surface area contributed by atoms with E-state index in [0.717, 1.165) is 32.4 Å². The van der Waals surface area contributed by atoms with Gasteiger partial charge in [0.2, 0.25) is 5.91 Å². The van der Waals surface area contributed by atoms with Gasteiger partial charge in [-0.25, -0.2) is 4.79 Å². The predicted molar refractivity (Wildman–Crippen MR) is 85.0 cm³/mol. The summed E-state index contributed by atoms with van der Waals surface area (Å²) in [6, 6.07) is 0.241. The fourth-order valence-electron chi connectivity index (χ4n) is 3.10. The number of carbonyl (C=O) groups excluding carboxylic acids is 1. The SMILES string of the molecule is COC1(C)CC(NC(=O)C2CCNCC2)C1(C)C.O=C(O)C(F)(F)F. The molecule has 0 radical (unpaired) electrons. The van der Waals surface area contributed by atoms with E-state index in [9.17, 15) is 18.0 Å². The number of carboxylic acids is 1. The molecular formula is C16H27F3N2O4. The fraction of sp³-hybridized carbons (Fsp3) is 0.875. The van der Waals surface area contributed by atoms with Crippen LogP contribution in [-0.2, 0) is 14.3 Å². The fourth-order valence-corrected chi connectivity index (χ4v) is 3.10. The van der Waals surface area contributed by atoms with Crippen LogP contribution in [0.25, 0.3) is 0 Å². The van der Waals surface area contributed by atoms with Crippen molar-refractivity contribution in [1.29, 1.82) is 0 Å². The lowest BCUT2D eigenvalue weighted by atomic mass is 9.55. The molecule has 1 saturated carbocycles. The third-order valence-electron chi connectivity index (χ3n) is 5.55. The number of carboxylic acid groups (broad SMARTS) is 1. The second-order valence-corrected chi connectivity index (χ2v) is 7.25. The number of hydrogen-bond donors (Lipinski definition) is 3. The van der Waals surface area contributed by atoms with Gasteiger partial charge in [-0.1, -0.05) is 13.8 Å². The number of ether oxygens (including phenoxy) is 1. The molecule has 0 aromatic rings. The van der Waals surface area contributed by atoms with Crippen molar-refractivity contribution in [2.24, 2.45) is 11.3 Å². The van der Waals surface area contributed by atoms with E-state index in [1.54, 1.807) is 7.11 Å². The normalized spacial score (nSPS) is 29.0. The number of hydrogen-bond acceptors (Lipinski definition) is 4. The van der Waals surface area contributed by atoms with Crippen LogP contribution in [0.15, 0.2) is 0 Å². The lowest BCUT2D eigenvalue weighted by Gasteiger charge is -2.59. The predicted octanol–water partition coefficient (Wildman–Crippen LogP) is 1.94. The minimum absolute atomic E-state index is 0.00429. The van der Waals surface area contributed by atoms with Gasteiger partial charge < -0.3 is 20.5 Å². The summed E-state index contributed by atoms with van der Waals surface area (Å²) in [5.41, 5.74) is -0.108. The largest absolute Gasteiger partial charge is 0.490 e. The highest BCUT2D eigenvalue weighted by atomic mass is 19.4. The zero-order valence-corrected chi connectivity index (χ0v) is 15.0. The summed E-state index contributed by atoms with van der Waals surface area (Å²) in [6.45, 7) is 8.39. The first-order chi connectivity index (χ1) is 11.3. The van der Waals surface area contributed by atoms with Crippen molar-refractivity contribution in [3.05, 3.63) is 0 Å². The molecule has 3 N–H and O–H groups in total. The van der Waals surface area contributed by atoms with Crippen molar-refractivity contribution in [2.75, 3.05) is 20.2 Å². The second kappa shape index (κ2) is 7.90. The van der Waals surface area contributed by atoms with Gasteiger partial charge in [0.15, 0.2) is 0 Å². The topological polar surface area (TPSA) is 87.7 Å². The highest BCUT2D eigenvalue weighted by Gasteiger charge is 2.58. The zero-order chi connectivity index (χ0) is 19.5. The highest BCUT2D eigenvalue weighted by Crippen LogP contribution is 2.51. The Hall–Kier alpha value is -1.35. The number of amides is 1. The smallest absolute Gasteiger partial charge is 0.475 e. The summed E-state index contributed by atoms with van der Waals surface area (Å²) < 4.78 is 37.3. The molecule has 2 atom stereocenters. The van der Waals surface area contributed by atoms with Crippen LogP contribution < -0.4 is 10.6 Å². The van der Waals surface area contributed by atoms with Gasteiger partial charge in [-0.2, -0.15) is 13.2 Å². The van der Waals surface area contributed by atoms with E-state index >= 15 is 0 Å². The Morgan fingerprint density at radius 1 is 1.20 bits per heavy atom. The average molecular weight is 368 g/mol. The van der Waals surface area contributed by atoms with Gasteiger partial charge in [0.05, 0.1) is 5.60 Å². The summed E-state index contributed by atoms with van der Waals surface area (Å²) in [5.74, 6) is -2.34. The van der Waals surface area contributed by atoms with Crippen molar-refractivity contribution < 1.29 is 32.6 Å². The Morgan fingerprint density at radius 3 is 2.04 bits per heavy atom. The van der Waals surface area contributed by atoms with Gasteiger partial charge in [0.1, 0.15) is 0 Å². The number of nitrogens with one attached hydrogen (secondary N) is 2. The lowest BCUT2D eigenvalue weighted by molar-refractivity contribution is -0.192. The maximum atomic E-state index is 12.2. The lowest BCUT2D eigenvalue weighted by Crippen LogP contribution is -2.69. The minimum Gasteiger partial charge on any atom is -0.475 e. The summed E-state index contributed by atoms with van der Waals surface area (Å²) in [4.78, 5) is 21.1. The summed E-state index contributed by atoms with van der Waals surface area (Å²) in [7, 11) is 1.76. The molecule has 1 heterocycles. The first-order valence-corrected chi connectivity index (χ1v) is 8.21. The quantitative estimate of drug-likeness (QED) is 0.709. The van der Waals surface area contributed by atoms with Crippen LogP contribution in [0.5, 0.6) is 0 Å². The molecule has 0 bridgehead atoms. The molecule has 2 rings (SSSR count). The minimum atomic E-state index is -5.08. The number of halogens is 3. The van der Waals surface area contributed by atoms with E-state index in [2.05, 4.69) is 31.4 Å². The molecule has 1 aliphatic heterocycles. The number of aliphatic carboxylic acids is 1. The number of rotatable bonds is 3. The van der Waals surface area contributed by atoms with Crippen LogP contribution in [0.2, 0.25) is 0 Å². The van der Waals surface area contributed by atoms with E-state index in [4.69, 9.17) is 14.6 Å². The van der Waals surface area contributed by atoms with Gasteiger partial charge in [0, 0.05) is 24.5 Å². The van der Waals surface area contributed by atoms with Gasteiger partial charge in [-0.15, -0.1) is 0 Å². The molecular weight excluding hydrogens is 341 g/mol. The summed E-state index contributed by atoms with van der Waals surface area (Å²) in [5, 5.41) is 13.6. The molecule has 146 valence electrons. The second-order valence-electron chi connectivity index (χ2n) is 7.25. The molecule has 2 aliphatic rings. The van der Waals surface area contributed by atoms with Gasteiger partial charge in [-0.3, -0.25) is 4.79 Å². The van der Waals surface area contributed by atoms with Gasteiger partial charge in [-0.05, 0) is 39.3 Å². The van der Waals surface area contributed by atoms with Gasteiger partial charge >= 0.3 is 12.1 Å². The van der Waals surface area contributed by atoms with Crippen LogP contribution in [0, 0.1) is 11.3 Å². The molecule has 2 unspecified atom stereocenters. The summed E-state index contributed by atoms with van der Waals surface area (Å²) in [6.07, 6.45) is -2.26. The number of methoxy groups -OCH3 is 1. The number of piperidine rings is 1.